The molecule has 0 unspecified atom stereocenters. The Morgan fingerprint density at radius 3 is 2.71 bits per heavy atom. The smallest absolute Gasteiger partial charge is 0.267 e. The summed E-state index contributed by atoms with van der Waals surface area (Å²) in [5, 5.41) is 12.8. The lowest BCUT2D eigenvalue weighted by Crippen LogP contribution is -2.26. The first-order chi connectivity index (χ1) is 9.96. The van der Waals surface area contributed by atoms with Crippen molar-refractivity contribution in [1.82, 2.24) is 9.78 Å². The molecule has 0 aliphatic rings. The third kappa shape index (κ3) is 3.25. The van der Waals surface area contributed by atoms with Crippen molar-refractivity contribution in [2.24, 2.45) is 0 Å². The van der Waals surface area contributed by atoms with Gasteiger partial charge in [0.25, 0.3) is 10.0 Å². The zero-order valence-corrected chi connectivity index (χ0v) is 12.9. The van der Waals surface area contributed by atoms with Gasteiger partial charge >= 0.3 is 0 Å². The number of para-hydroxylation sites is 1. The number of aromatic nitrogens is 2. The van der Waals surface area contributed by atoms with E-state index in [4.69, 9.17) is 5.11 Å². The van der Waals surface area contributed by atoms with Crippen LogP contribution < -0.4 is 4.31 Å². The third-order valence-corrected chi connectivity index (χ3v) is 4.99. The predicted octanol–water partition coefficient (Wildman–Crippen LogP) is 1.40. The van der Waals surface area contributed by atoms with Gasteiger partial charge in [0.2, 0.25) is 0 Å². The molecule has 7 heteroatoms. The van der Waals surface area contributed by atoms with Crippen LogP contribution in [-0.2, 0) is 16.6 Å². The highest BCUT2D eigenvalue weighted by atomic mass is 32.2. The maximum atomic E-state index is 12.6. The molecule has 1 heterocycles. The zero-order chi connectivity index (χ0) is 15.5. The first-order valence-corrected chi connectivity index (χ1v) is 8.08. The largest absolute Gasteiger partial charge is 0.396 e. The first kappa shape index (κ1) is 15.5. The van der Waals surface area contributed by atoms with E-state index < -0.39 is 10.0 Å². The lowest BCUT2D eigenvalue weighted by Gasteiger charge is -2.20. The quantitative estimate of drug-likeness (QED) is 0.875. The van der Waals surface area contributed by atoms with Crippen molar-refractivity contribution < 1.29 is 13.5 Å². The molecule has 0 saturated carbocycles. The number of rotatable bonds is 6. The van der Waals surface area contributed by atoms with Crippen LogP contribution in [0.2, 0.25) is 0 Å². The van der Waals surface area contributed by atoms with Gasteiger partial charge in [-0.05, 0) is 25.0 Å². The van der Waals surface area contributed by atoms with Gasteiger partial charge in [-0.2, -0.15) is 5.10 Å². The molecule has 0 radical (unpaired) electrons. The Bertz CT molecular complexity index is 710. The van der Waals surface area contributed by atoms with Crippen LogP contribution in [0.1, 0.15) is 12.0 Å². The third-order valence-electron chi connectivity index (χ3n) is 3.27. The second-order valence-corrected chi connectivity index (χ2v) is 6.74. The summed E-state index contributed by atoms with van der Waals surface area (Å²) in [7, 11) is -2.10. The van der Waals surface area contributed by atoms with Gasteiger partial charge < -0.3 is 5.11 Å². The Morgan fingerprint density at radius 1 is 1.33 bits per heavy atom. The van der Waals surface area contributed by atoms with Gasteiger partial charge in [0, 0.05) is 26.4 Å². The molecule has 1 aromatic carbocycles. The van der Waals surface area contributed by atoms with Crippen LogP contribution in [-0.4, -0.2) is 37.0 Å². The Morgan fingerprint density at radius 2 is 2.05 bits per heavy atom. The number of hydrogen-bond acceptors (Lipinski definition) is 4. The summed E-state index contributed by atoms with van der Waals surface area (Å²) in [5.74, 6) is 0. The van der Waals surface area contributed by atoms with E-state index >= 15 is 0 Å². The number of nitrogens with zero attached hydrogens (tertiary/aromatic N) is 3. The SMILES string of the molecule is Cc1ccccc1N(C)S(=O)(=O)c1cnn(CCCO)c1. The summed E-state index contributed by atoms with van der Waals surface area (Å²) in [5.41, 5.74) is 1.52. The molecule has 6 nitrogen and oxygen atoms in total. The standard InChI is InChI=1S/C14H19N3O3S/c1-12-6-3-4-7-14(12)16(2)21(19,20)13-10-15-17(11-13)8-5-9-18/h3-4,6-7,10-11,18H,5,8-9H2,1-2H3. The molecule has 0 atom stereocenters. The van der Waals surface area contributed by atoms with Crippen molar-refractivity contribution in [3.05, 3.63) is 42.2 Å². The first-order valence-electron chi connectivity index (χ1n) is 6.64. The molecule has 0 fully saturated rings. The molecule has 114 valence electrons. The zero-order valence-electron chi connectivity index (χ0n) is 12.1. The summed E-state index contributed by atoms with van der Waals surface area (Å²) < 4.78 is 28.0. The van der Waals surface area contributed by atoms with Gasteiger partial charge in [0.05, 0.1) is 11.9 Å². The van der Waals surface area contributed by atoms with Gasteiger partial charge in [0.1, 0.15) is 4.90 Å². The highest BCUT2D eigenvalue weighted by Crippen LogP contribution is 2.24. The van der Waals surface area contributed by atoms with E-state index in [1.165, 1.54) is 28.4 Å². The van der Waals surface area contributed by atoms with E-state index in [1.54, 1.807) is 12.1 Å². The number of sulfonamides is 1. The van der Waals surface area contributed by atoms with Crippen LogP contribution in [0.3, 0.4) is 0 Å². The van der Waals surface area contributed by atoms with Crippen molar-refractivity contribution in [3.63, 3.8) is 0 Å². The van der Waals surface area contributed by atoms with Crippen molar-refractivity contribution in [3.8, 4) is 0 Å². The van der Waals surface area contributed by atoms with E-state index in [0.29, 0.717) is 18.7 Å². The highest BCUT2D eigenvalue weighted by Gasteiger charge is 2.23. The lowest BCUT2D eigenvalue weighted by atomic mass is 10.2. The van der Waals surface area contributed by atoms with Crippen LogP contribution in [0.5, 0.6) is 0 Å². The summed E-state index contributed by atoms with van der Waals surface area (Å²) >= 11 is 0. The molecule has 0 aliphatic carbocycles. The van der Waals surface area contributed by atoms with E-state index in [2.05, 4.69) is 5.10 Å². The number of hydrogen-bond donors (Lipinski definition) is 1. The van der Waals surface area contributed by atoms with Crippen LogP contribution in [0, 0.1) is 6.92 Å². The fourth-order valence-corrected chi connectivity index (χ4v) is 3.25. The maximum absolute atomic E-state index is 12.6. The Hall–Kier alpha value is -1.86. The fraction of sp³-hybridized carbons (Fsp3) is 0.357. The molecule has 0 bridgehead atoms. The van der Waals surface area contributed by atoms with Gasteiger partial charge in [-0.1, -0.05) is 18.2 Å². The van der Waals surface area contributed by atoms with E-state index in [1.807, 2.05) is 19.1 Å². The number of aliphatic hydroxyl groups excluding tert-OH is 1. The summed E-state index contributed by atoms with van der Waals surface area (Å²) in [4.78, 5) is 0.145. The molecular weight excluding hydrogens is 290 g/mol. The van der Waals surface area contributed by atoms with Gasteiger partial charge in [0.15, 0.2) is 0 Å². The van der Waals surface area contributed by atoms with Crippen molar-refractivity contribution in [2.75, 3.05) is 18.0 Å². The van der Waals surface area contributed by atoms with Gasteiger partial charge in [-0.25, -0.2) is 8.42 Å². The lowest BCUT2D eigenvalue weighted by molar-refractivity contribution is 0.277. The average molecular weight is 309 g/mol. The van der Waals surface area contributed by atoms with Gasteiger partial charge in [-0.15, -0.1) is 0 Å². The predicted molar refractivity (Wildman–Crippen MR) is 80.7 cm³/mol. The number of aliphatic hydroxyl groups is 1. The summed E-state index contributed by atoms with van der Waals surface area (Å²) in [6, 6.07) is 7.31. The van der Waals surface area contributed by atoms with Crippen LogP contribution in [0.4, 0.5) is 5.69 Å². The molecule has 0 spiro atoms. The number of anilines is 1. The Kier molecular flexibility index (Phi) is 4.64. The van der Waals surface area contributed by atoms with Crippen molar-refractivity contribution >= 4 is 15.7 Å². The molecule has 21 heavy (non-hydrogen) atoms. The Balaban J connectivity index is 2.29. The van der Waals surface area contributed by atoms with E-state index in [0.717, 1.165) is 5.56 Å². The number of benzene rings is 1. The molecule has 1 N–H and O–H groups in total. The molecular formula is C14H19N3O3S. The van der Waals surface area contributed by atoms with E-state index in [9.17, 15) is 8.42 Å². The molecule has 0 amide bonds. The van der Waals surface area contributed by atoms with Crippen molar-refractivity contribution in [1.29, 1.82) is 0 Å². The Labute approximate surface area is 124 Å². The second kappa shape index (κ2) is 6.28. The van der Waals surface area contributed by atoms with Crippen molar-refractivity contribution in [2.45, 2.75) is 24.8 Å². The van der Waals surface area contributed by atoms with Crippen LogP contribution >= 0.6 is 0 Å². The second-order valence-electron chi connectivity index (χ2n) is 4.78. The van der Waals surface area contributed by atoms with Crippen LogP contribution in [0.25, 0.3) is 0 Å². The summed E-state index contributed by atoms with van der Waals surface area (Å²) in [6.45, 7) is 2.40. The minimum atomic E-state index is -3.63. The molecule has 2 aromatic rings. The molecule has 0 aliphatic heterocycles. The minimum absolute atomic E-state index is 0.0467. The van der Waals surface area contributed by atoms with Gasteiger partial charge in [-0.3, -0.25) is 8.99 Å². The maximum Gasteiger partial charge on any atom is 0.267 e. The monoisotopic (exact) mass is 309 g/mol. The number of aryl methyl sites for hydroxylation is 2. The molecule has 0 saturated heterocycles. The normalized spacial score (nSPS) is 11.6. The highest BCUT2D eigenvalue weighted by molar-refractivity contribution is 7.92. The molecule has 1 aromatic heterocycles. The molecule has 2 rings (SSSR count). The topological polar surface area (TPSA) is 75.4 Å². The fourth-order valence-electron chi connectivity index (χ4n) is 2.04. The summed E-state index contributed by atoms with van der Waals surface area (Å²) in [6.07, 6.45) is 3.36. The van der Waals surface area contributed by atoms with E-state index in [-0.39, 0.29) is 11.5 Å². The minimum Gasteiger partial charge on any atom is -0.396 e. The average Bonchev–Trinajstić information content (AvgIpc) is 2.94. The van der Waals surface area contributed by atoms with Crippen LogP contribution in [0.15, 0.2) is 41.6 Å².